The molecule has 0 aromatic heterocycles. The molecule has 23 heavy (non-hydrogen) atoms. The quantitative estimate of drug-likeness (QED) is 0.854. The molecule has 0 heterocycles. The average Bonchev–Trinajstić information content (AvgIpc) is 2.47. The Hall–Kier alpha value is -2.34. The van der Waals surface area contributed by atoms with Crippen LogP contribution in [0, 0.1) is 6.92 Å². The van der Waals surface area contributed by atoms with E-state index in [4.69, 9.17) is 4.18 Å². The predicted octanol–water partition coefficient (Wildman–Crippen LogP) is 2.96. The monoisotopic (exact) mass is 333 g/mol. The lowest BCUT2D eigenvalue weighted by Gasteiger charge is -2.13. The normalized spacial score (nSPS) is 12.5. The molecule has 1 N–H and O–H groups in total. The number of amides is 1. The van der Waals surface area contributed by atoms with Crippen LogP contribution in [-0.4, -0.2) is 14.3 Å². The molecule has 0 aliphatic heterocycles. The van der Waals surface area contributed by atoms with Crippen molar-refractivity contribution in [3.63, 3.8) is 0 Å². The molecule has 122 valence electrons. The minimum absolute atomic E-state index is 0.110. The number of carbonyl (C=O) groups is 1. The minimum atomic E-state index is -3.85. The Labute approximate surface area is 136 Å². The van der Waals surface area contributed by atoms with Crippen molar-refractivity contribution in [3.8, 4) is 5.75 Å². The van der Waals surface area contributed by atoms with E-state index in [1.165, 1.54) is 19.1 Å². The number of rotatable bonds is 5. The molecule has 0 fully saturated rings. The Balaban J connectivity index is 2.14. The van der Waals surface area contributed by atoms with E-state index in [-0.39, 0.29) is 22.6 Å². The summed E-state index contributed by atoms with van der Waals surface area (Å²) in [6.07, 6.45) is 0. The molecule has 0 aliphatic carbocycles. The third-order valence-electron chi connectivity index (χ3n) is 3.32. The van der Waals surface area contributed by atoms with E-state index in [1.807, 2.05) is 13.8 Å². The van der Waals surface area contributed by atoms with E-state index in [2.05, 4.69) is 5.32 Å². The average molecular weight is 333 g/mol. The first-order valence-corrected chi connectivity index (χ1v) is 8.57. The summed E-state index contributed by atoms with van der Waals surface area (Å²) >= 11 is 0. The third-order valence-corrected chi connectivity index (χ3v) is 4.58. The van der Waals surface area contributed by atoms with Gasteiger partial charge >= 0.3 is 10.1 Å². The summed E-state index contributed by atoms with van der Waals surface area (Å²) in [6.45, 7) is 5.18. The molecule has 1 atom stereocenters. The zero-order valence-corrected chi connectivity index (χ0v) is 14.1. The van der Waals surface area contributed by atoms with E-state index < -0.39 is 10.1 Å². The van der Waals surface area contributed by atoms with Crippen molar-refractivity contribution in [2.24, 2.45) is 0 Å². The zero-order valence-electron chi connectivity index (χ0n) is 13.2. The molecule has 0 saturated carbocycles. The molecular formula is C17H19NO4S. The van der Waals surface area contributed by atoms with Crippen LogP contribution in [0.1, 0.15) is 31.0 Å². The van der Waals surface area contributed by atoms with Gasteiger partial charge in [-0.25, -0.2) is 0 Å². The molecule has 0 radical (unpaired) electrons. The van der Waals surface area contributed by atoms with Crippen molar-refractivity contribution in [3.05, 3.63) is 59.7 Å². The Kier molecular flexibility index (Phi) is 5.05. The fourth-order valence-corrected chi connectivity index (χ4v) is 3.01. The highest BCUT2D eigenvalue weighted by molar-refractivity contribution is 7.87. The summed E-state index contributed by atoms with van der Waals surface area (Å²) in [5.74, 6) is 0.101. The first kappa shape index (κ1) is 17.0. The molecule has 2 rings (SSSR count). The van der Waals surface area contributed by atoms with E-state index in [9.17, 15) is 13.2 Å². The zero-order chi connectivity index (χ0) is 17.0. The van der Waals surface area contributed by atoms with Gasteiger partial charge in [-0.3, -0.25) is 4.79 Å². The highest BCUT2D eigenvalue weighted by atomic mass is 32.2. The highest BCUT2D eigenvalue weighted by Crippen LogP contribution is 2.21. The van der Waals surface area contributed by atoms with Gasteiger partial charge in [-0.15, -0.1) is 0 Å². The van der Waals surface area contributed by atoms with Crippen molar-refractivity contribution in [1.29, 1.82) is 0 Å². The van der Waals surface area contributed by atoms with Crippen molar-refractivity contribution >= 4 is 16.0 Å². The van der Waals surface area contributed by atoms with Gasteiger partial charge < -0.3 is 9.50 Å². The van der Waals surface area contributed by atoms with Gasteiger partial charge in [0.1, 0.15) is 10.6 Å². The highest BCUT2D eigenvalue weighted by Gasteiger charge is 2.16. The maximum Gasteiger partial charge on any atom is 0.339 e. The number of aryl methyl sites for hydroxylation is 1. The first-order valence-electron chi connectivity index (χ1n) is 7.16. The second-order valence-corrected chi connectivity index (χ2v) is 6.89. The Morgan fingerprint density at radius 2 is 1.61 bits per heavy atom. The summed E-state index contributed by atoms with van der Waals surface area (Å²) in [6, 6.07) is 12.9. The summed E-state index contributed by atoms with van der Waals surface area (Å²) in [4.78, 5) is 11.2. The molecule has 0 saturated heterocycles. The molecular weight excluding hydrogens is 314 g/mol. The lowest BCUT2D eigenvalue weighted by Crippen LogP contribution is -2.23. The van der Waals surface area contributed by atoms with Crippen LogP contribution in [0.3, 0.4) is 0 Å². The summed E-state index contributed by atoms with van der Waals surface area (Å²) < 4.78 is 29.5. The van der Waals surface area contributed by atoms with E-state index >= 15 is 0 Å². The first-order chi connectivity index (χ1) is 10.8. The molecule has 2 aromatic carbocycles. The van der Waals surface area contributed by atoms with Crippen molar-refractivity contribution in [2.75, 3.05) is 0 Å². The van der Waals surface area contributed by atoms with Gasteiger partial charge in [-0.05, 0) is 43.7 Å². The number of hydrogen-bond donors (Lipinski definition) is 1. The van der Waals surface area contributed by atoms with Crippen LogP contribution in [0.5, 0.6) is 5.75 Å². The molecule has 0 bridgehead atoms. The van der Waals surface area contributed by atoms with Crippen molar-refractivity contribution in [2.45, 2.75) is 31.7 Å². The van der Waals surface area contributed by atoms with Gasteiger partial charge in [0.25, 0.3) is 0 Å². The number of hydrogen-bond acceptors (Lipinski definition) is 4. The molecule has 0 aliphatic rings. The SMILES string of the molecule is CC(=O)NC(C)c1ccc(OS(=O)(=O)c2ccc(C)cc2)cc1. The second-order valence-electron chi connectivity index (χ2n) is 5.34. The summed E-state index contributed by atoms with van der Waals surface area (Å²) in [5.41, 5.74) is 1.83. The van der Waals surface area contributed by atoms with Gasteiger partial charge in [0.15, 0.2) is 0 Å². The molecule has 2 aromatic rings. The lowest BCUT2D eigenvalue weighted by atomic mass is 10.1. The smallest absolute Gasteiger partial charge is 0.339 e. The number of benzene rings is 2. The maximum atomic E-state index is 12.2. The Morgan fingerprint density at radius 1 is 1.04 bits per heavy atom. The van der Waals surface area contributed by atoms with Crippen LogP contribution >= 0.6 is 0 Å². The van der Waals surface area contributed by atoms with E-state index in [0.29, 0.717) is 0 Å². The van der Waals surface area contributed by atoms with E-state index in [0.717, 1.165) is 11.1 Å². The maximum absolute atomic E-state index is 12.2. The fraction of sp³-hybridized carbons (Fsp3) is 0.235. The molecule has 1 unspecified atom stereocenters. The molecule has 1 amide bonds. The third kappa shape index (κ3) is 4.56. The number of nitrogens with one attached hydrogen (secondary N) is 1. The van der Waals surface area contributed by atoms with Crippen LogP contribution in [0.4, 0.5) is 0 Å². The standard InChI is InChI=1S/C17H19NO4S/c1-12-4-10-17(11-5-12)23(20,21)22-16-8-6-15(7-9-16)13(2)18-14(3)19/h4-11,13H,1-3H3,(H,18,19). The van der Waals surface area contributed by atoms with Crippen molar-refractivity contribution < 1.29 is 17.4 Å². The van der Waals surface area contributed by atoms with Gasteiger partial charge in [0, 0.05) is 6.92 Å². The topological polar surface area (TPSA) is 72.5 Å². The lowest BCUT2D eigenvalue weighted by molar-refractivity contribution is -0.119. The second kappa shape index (κ2) is 6.83. The van der Waals surface area contributed by atoms with Crippen LogP contribution in [0.2, 0.25) is 0 Å². The largest absolute Gasteiger partial charge is 0.379 e. The van der Waals surface area contributed by atoms with Gasteiger partial charge in [0.2, 0.25) is 5.91 Å². The predicted molar refractivity (Wildman–Crippen MR) is 87.7 cm³/mol. The van der Waals surface area contributed by atoms with E-state index in [1.54, 1.807) is 36.4 Å². The van der Waals surface area contributed by atoms with Gasteiger partial charge in [-0.2, -0.15) is 8.42 Å². The molecule has 0 spiro atoms. The Morgan fingerprint density at radius 3 is 2.13 bits per heavy atom. The molecule has 6 heteroatoms. The fourth-order valence-electron chi connectivity index (χ4n) is 2.08. The van der Waals surface area contributed by atoms with Crippen LogP contribution in [0.25, 0.3) is 0 Å². The minimum Gasteiger partial charge on any atom is -0.379 e. The van der Waals surface area contributed by atoms with Crippen LogP contribution < -0.4 is 9.50 Å². The van der Waals surface area contributed by atoms with Crippen molar-refractivity contribution in [1.82, 2.24) is 5.32 Å². The van der Waals surface area contributed by atoms with Gasteiger partial charge in [0.05, 0.1) is 6.04 Å². The van der Waals surface area contributed by atoms with Gasteiger partial charge in [-0.1, -0.05) is 29.8 Å². The summed E-state index contributed by atoms with van der Waals surface area (Å²) in [7, 11) is -3.85. The Bertz CT molecular complexity index is 780. The number of carbonyl (C=O) groups excluding carboxylic acids is 1. The van der Waals surface area contributed by atoms with Crippen LogP contribution in [-0.2, 0) is 14.9 Å². The summed E-state index contributed by atoms with van der Waals surface area (Å²) in [5, 5.41) is 2.76. The van der Waals surface area contributed by atoms with Crippen LogP contribution in [0.15, 0.2) is 53.4 Å². The molecule has 5 nitrogen and oxygen atoms in total.